The third kappa shape index (κ3) is 3.79. The van der Waals surface area contributed by atoms with Crippen molar-refractivity contribution < 1.29 is 9.18 Å². The highest BCUT2D eigenvalue weighted by Crippen LogP contribution is 2.53. The van der Waals surface area contributed by atoms with Gasteiger partial charge >= 0.3 is 0 Å². The molecule has 0 spiro atoms. The fraction of sp³-hybridized carbons (Fsp3) is 0.452. The number of halogens is 1. The van der Waals surface area contributed by atoms with Crippen LogP contribution in [0.3, 0.4) is 0 Å². The van der Waals surface area contributed by atoms with E-state index in [1.165, 1.54) is 11.8 Å². The average Bonchev–Trinajstić information content (AvgIpc) is 3.32. The standard InChI is InChI=1S/C31H33FN4O/c1-20-25-14-13-24-28(23-11-7-8-12-26(23)32)36(34-30(24)31(25,2)19-27(33-3)29(20)37)22-15-17-35(18-16-22)21-9-5-4-6-10-21/h4-12,20,22,25,27H,13-19H2,1-2H3/t20-,25-,27?,31-/m1/s1. The first kappa shape index (κ1) is 23.9. The second kappa shape index (κ2) is 9.13. The number of ketones is 1. The summed E-state index contributed by atoms with van der Waals surface area (Å²) in [6.07, 6.45) is 3.99. The minimum atomic E-state index is -0.627. The van der Waals surface area contributed by atoms with Crippen LogP contribution in [0.15, 0.2) is 54.6 Å². The molecule has 0 N–H and O–H groups in total. The molecule has 0 amide bonds. The van der Waals surface area contributed by atoms with Gasteiger partial charge in [-0.05, 0) is 55.9 Å². The summed E-state index contributed by atoms with van der Waals surface area (Å²) in [6, 6.07) is 17.0. The molecule has 0 radical (unpaired) electrons. The Kier molecular flexibility index (Phi) is 5.90. The normalized spacial score (nSPS) is 27.9. The van der Waals surface area contributed by atoms with Gasteiger partial charge in [-0.3, -0.25) is 9.48 Å². The summed E-state index contributed by atoms with van der Waals surface area (Å²) in [5.41, 5.74) is 4.46. The summed E-state index contributed by atoms with van der Waals surface area (Å²) < 4.78 is 17.4. The Bertz CT molecular complexity index is 1370. The first-order valence-corrected chi connectivity index (χ1v) is 13.5. The summed E-state index contributed by atoms with van der Waals surface area (Å²) in [6.45, 7) is 13.7. The molecular formula is C31H33FN4O. The summed E-state index contributed by atoms with van der Waals surface area (Å²) in [5.74, 6) is -0.168. The molecule has 6 rings (SSSR count). The van der Waals surface area contributed by atoms with Crippen molar-refractivity contribution >= 4 is 11.5 Å². The topological polar surface area (TPSA) is 42.5 Å². The number of para-hydroxylation sites is 1. The van der Waals surface area contributed by atoms with Crippen molar-refractivity contribution in [1.82, 2.24) is 9.78 Å². The Labute approximate surface area is 218 Å². The molecule has 2 aromatic carbocycles. The average molecular weight is 497 g/mol. The van der Waals surface area contributed by atoms with E-state index in [9.17, 15) is 4.79 Å². The van der Waals surface area contributed by atoms with Crippen molar-refractivity contribution in [3.8, 4) is 11.3 Å². The van der Waals surface area contributed by atoms with E-state index in [2.05, 4.69) is 45.6 Å². The van der Waals surface area contributed by atoms with Gasteiger partial charge in [-0.2, -0.15) is 5.10 Å². The van der Waals surface area contributed by atoms with Crippen molar-refractivity contribution in [2.75, 3.05) is 18.0 Å². The molecule has 1 unspecified atom stereocenters. The van der Waals surface area contributed by atoms with Crippen molar-refractivity contribution in [3.05, 3.63) is 83.1 Å². The van der Waals surface area contributed by atoms with Gasteiger partial charge in [-0.1, -0.05) is 44.2 Å². The first-order chi connectivity index (χ1) is 17.9. The van der Waals surface area contributed by atoms with E-state index in [1.54, 1.807) is 6.07 Å². The predicted molar refractivity (Wildman–Crippen MR) is 143 cm³/mol. The Morgan fingerprint density at radius 3 is 2.46 bits per heavy atom. The van der Waals surface area contributed by atoms with E-state index in [-0.39, 0.29) is 34.9 Å². The minimum absolute atomic E-state index is 0.0722. The number of carbonyl (C=O) groups is 1. The van der Waals surface area contributed by atoms with Crippen LogP contribution in [0, 0.1) is 24.2 Å². The maximum Gasteiger partial charge on any atom is 0.282 e. The Morgan fingerprint density at radius 2 is 1.76 bits per heavy atom. The zero-order valence-corrected chi connectivity index (χ0v) is 21.5. The summed E-state index contributed by atoms with van der Waals surface area (Å²) in [7, 11) is 0. The van der Waals surface area contributed by atoms with Crippen LogP contribution in [-0.2, 0) is 16.6 Å². The molecule has 1 saturated heterocycles. The SMILES string of the molecule is [C-]#[N+]C1C[C@@]2(C)c3nn(C4CCN(c5ccccc5)CC4)c(-c4ccccc4F)c3CC[C@@H]2[C@@H](C)C1=O. The summed E-state index contributed by atoms with van der Waals surface area (Å²) >= 11 is 0. The Balaban J connectivity index is 1.43. The molecule has 4 atom stereocenters. The highest BCUT2D eigenvalue weighted by atomic mass is 19.1. The molecule has 1 aliphatic heterocycles. The molecule has 190 valence electrons. The quantitative estimate of drug-likeness (QED) is 0.403. The number of benzene rings is 2. The van der Waals surface area contributed by atoms with Crippen molar-refractivity contribution in [2.45, 2.75) is 63.5 Å². The van der Waals surface area contributed by atoms with Crippen LogP contribution < -0.4 is 4.90 Å². The van der Waals surface area contributed by atoms with Crippen LogP contribution in [0.4, 0.5) is 10.1 Å². The Morgan fingerprint density at radius 1 is 1.05 bits per heavy atom. The predicted octanol–water partition coefficient (Wildman–Crippen LogP) is 6.25. The fourth-order valence-electron chi connectivity index (χ4n) is 7.33. The number of rotatable bonds is 3. The van der Waals surface area contributed by atoms with Crippen LogP contribution >= 0.6 is 0 Å². The maximum atomic E-state index is 15.3. The molecule has 3 aromatic rings. The smallest absolute Gasteiger partial charge is 0.282 e. The lowest BCUT2D eigenvalue weighted by Crippen LogP contribution is -2.51. The third-order valence-corrected chi connectivity index (χ3v) is 9.29. The number of fused-ring (bicyclic) bond motifs is 3. The van der Waals surface area contributed by atoms with Crippen LogP contribution in [0.25, 0.3) is 16.1 Å². The lowest BCUT2D eigenvalue weighted by molar-refractivity contribution is -0.129. The Hall–Kier alpha value is -3.46. The van der Waals surface area contributed by atoms with Gasteiger partial charge in [0.25, 0.3) is 6.04 Å². The van der Waals surface area contributed by atoms with E-state index in [0.717, 1.165) is 55.7 Å². The van der Waals surface area contributed by atoms with E-state index >= 15 is 4.39 Å². The lowest BCUT2D eigenvalue weighted by atomic mass is 9.55. The summed E-state index contributed by atoms with van der Waals surface area (Å²) in [5, 5.41) is 5.29. The minimum Gasteiger partial charge on any atom is -0.371 e. The molecule has 37 heavy (non-hydrogen) atoms. The van der Waals surface area contributed by atoms with Gasteiger partial charge < -0.3 is 9.74 Å². The van der Waals surface area contributed by atoms with Crippen LogP contribution in [0.5, 0.6) is 0 Å². The van der Waals surface area contributed by atoms with Gasteiger partial charge in [-0.25, -0.2) is 11.0 Å². The zero-order valence-electron chi connectivity index (χ0n) is 21.5. The van der Waals surface area contributed by atoms with Crippen molar-refractivity contribution in [1.29, 1.82) is 0 Å². The molecule has 5 nitrogen and oxygen atoms in total. The highest BCUT2D eigenvalue weighted by molar-refractivity contribution is 5.89. The molecule has 0 bridgehead atoms. The van der Waals surface area contributed by atoms with Gasteiger partial charge in [0.1, 0.15) is 5.82 Å². The number of Topliss-reactive ketones (excluding diaryl/α,β-unsaturated/α-hetero) is 1. The van der Waals surface area contributed by atoms with Gasteiger partial charge in [0, 0.05) is 47.7 Å². The highest BCUT2D eigenvalue weighted by Gasteiger charge is 2.56. The van der Waals surface area contributed by atoms with Gasteiger partial charge in [0.05, 0.1) is 17.4 Å². The van der Waals surface area contributed by atoms with Crippen LogP contribution in [0.2, 0.25) is 0 Å². The van der Waals surface area contributed by atoms with Gasteiger partial charge in [0.2, 0.25) is 5.78 Å². The number of carbonyl (C=O) groups excluding carboxylic acids is 1. The number of piperidine rings is 1. The molecule has 3 aliphatic rings. The van der Waals surface area contributed by atoms with E-state index in [0.29, 0.717) is 12.0 Å². The number of hydrogen-bond acceptors (Lipinski definition) is 3. The molecular weight excluding hydrogens is 463 g/mol. The lowest BCUT2D eigenvalue weighted by Gasteiger charge is -2.46. The molecule has 2 aliphatic carbocycles. The zero-order chi connectivity index (χ0) is 25.7. The van der Waals surface area contributed by atoms with Crippen molar-refractivity contribution in [2.24, 2.45) is 11.8 Å². The van der Waals surface area contributed by atoms with Crippen LogP contribution in [-0.4, -0.2) is 34.7 Å². The van der Waals surface area contributed by atoms with Crippen molar-refractivity contribution in [3.63, 3.8) is 0 Å². The summed E-state index contributed by atoms with van der Waals surface area (Å²) in [4.78, 5) is 19.0. The van der Waals surface area contributed by atoms with Gasteiger partial charge in [-0.15, -0.1) is 0 Å². The molecule has 2 fully saturated rings. The second-order valence-corrected chi connectivity index (χ2v) is 11.3. The number of aromatic nitrogens is 2. The largest absolute Gasteiger partial charge is 0.371 e. The molecule has 1 saturated carbocycles. The fourth-order valence-corrected chi connectivity index (χ4v) is 7.33. The van der Waals surface area contributed by atoms with Crippen LogP contribution in [0.1, 0.15) is 56.8 Å². The number of hydrogen-bond donors (Lipinski definition) is 0. The second-order valence-electron chi connectivity index (χ2n) is 11.3. The molecule has 2 heterocycles. The monoisotopic (exact) mass is 496 g/mol. The van der Waals surface area contributed by atoms with E-state index < -0.39 is 6.04 Å². The van der Waals surface area contributed by atoms with E-state index in [1.807, 2.05) is 25.1 Å². The molecule has 6 heteroatoms. The maximum absolute atomic E-state index is 15.3. The molecule has 1 aromatic heterocycles. The van der Waals surface area contributed by atoms with Gasteiger partial charge in [0.15, 0.2) is 0 Å². The first-order valence-electron chi connectivity index (χ1n) is 13.5. The number of anilines is 1. The third-order valence-electron chi connectivity index (χ3n) is 9.29. The number of nitrogens with zero attached hydrogens (tertiary/aromatic N) is 4. The van der Waals surface area contributed by atoms with E-state index in [4.69, 9.17) is 11.7 Å².